The summed E-state index contributed by atoms with van der Waals surface area (Å²) in [6.45, 7) is 4.40. The number of allylic oxidation sites excluding steroid dienone is 3. The molecule has 1 aliphatic heterocycles. The number of hydrogen-bond donors (Lipinski definition) is 6. The summed E-state index contributed by atoms with van der Waals surface area (Å²) in [7, 11) is 0. The molecule has 562 valence electrons. The molecule has 0 aromatic heterocycles. The first-order valence-corrected chi connectivity index (χ1v) is 42.1. The molecule has 0 aliphatic carbocycles. The third-order valence-electron chi connectivity index (χ3n) is 20.3. The van der Waals surface area contributed by atoms with E-state index in [1.807, 2.05) is 6.08 Å². The van der Waals surface area contributed by atoms with E-state index in [1.54, 1.807) is 6.08 Å². The molecular formula is C84H161NO10. The molecule has 7 atom stereocenters. The first kappa shape index (κ1) is 91.2. The maximum absolute atomic E-state index is 13.1. The van der Waals surface area contributed by atoms with E-state index in [0.29, 0.717) is 19.4 Å². The van der Waals surface area contributed by atoms with Crippen LogP contribution in [0.3, 0.4) is 0 Å². The topological polar surface area (TPSA) is 175 Å². The van der Waals surface area contributed by atoms with Crippen molar-refractivity contribution in [2.24, 2.45) is 0 Å². The highest BCUT2D eigenvalue weighted by Gasteiger charge is 2.44. The van der Waals surface area contributed by atoms with E-state index in [9.17, 15) is 35.1 Å². The number of rotatable bonds is 76. The zero-order valence-corrected chi connectivity index (χ0v) is 62.9. The molecule has 0 saturated carbocycles. The monoisotopic (exact) mass is 1340 g/mol. The van der Waals surface area contributed by atoms with E-state index in [1.165, 1.54) is 353 Å². The molecule has 1 saturated heterocycles. The minimum Gasteiger partial charge on any atom is -0.466 e. The highest BCUT2D eigenvalue weighted by atomic mass is 16.7. The molecule has 0 aromatic carbocycles. The lowest BCUT2D eigenvalue weighted by molar-refractivity contribution is -0.302. The maximum atomic E-state index is 13.1. The fourth-order valence-electron chi connectivity index (χ4n) is 13.7. The standard InChI is InChI=1S/C84H161NO10/c1-3-5-7-9-11-13-15-17-46-50-54-58-62-66-70-77(87)76(75-94-84-83(92)82(91)81(90)78(74-86)95-84)85-79(88)71-67-63-59-55-51-47-44-42-40-38-36-34-32-30-28-26-24-22-20-19-21-23-25-27-29-31-33-35-37-39-41-43-45-49-53-57-61-65-69-73-93-80(89)72-68-64-60-56-52-48-18-16-14-12-10-8-6-4-2/h16,18,66,70,76-78,81-84,86-87,90-92H,3-15,17,19-65,67-69,71-75H2,1-2H3,(H,85,88)/b18-16-,70-66+. The number of nitrogens with one attached hydrogen (secondary N) is 1. The summed E-state index contributed by atoms with van der Waals surface area (Å²) in [5.74, 6) is -0.161. The number of hydrogen-bond acceptors (Lipinski definition) is 10. The van der Waals surface area contributed by atoms with Crippen LogP contribution in [0.4, 0.5) is 0 Å². The van der Waals surface area contributed by atoms with Crippen molar-refractivity contribution in [3.8, 4) is 0 Å². The van der Waals surface area contributed by atoms with Gasteiger partial charge in [-0.05, 0) is 57.8 Å². The molecule has 1 rings (SSSR count). The number of amides is 1. The van der Waals surface area contributed by atoms with Gasteiger partial charge in [-0.2, -0.15) is 0 Å². The molecule has 7 unspecified atom stereocenters. The van der Waals surface area contributed by atoms with Gasteiger partial charge in [0.1, 0.15) is 24.4 Å². The van der Waals surface area contributed by atoms with Crippen LogP contribution in [0, 0.1) is 0 Å². The Hall–Kier alpha value is -1.86. The molecule has 95 heavy (non-hydrogen) atoms. The molecule has 1 fully saturated rings. The lowest BCUT2D eigenvalue weighted by Crippen LogP contribution is -2.60. The van der Waals surface area contributed by atoms with Gasteiger partial charge in [0.2, 0.25) is 5.91 Å². The van der Waals surface area contributed by atoms with Crippen molar-refractivity contribution < 1.29 is 49.3 Å². The Morgan fingerprint density at radius 3 is 1.01 bits per heavy atom. The average Bonchev–Trinajstić information content (AvgIpc) is 0.840. The van der Waals surface area contributed by atoms with Crippen molar-refractivity contribution in [3.05, 3.63) is 24.3 Å². The molecule has 1 heterocycles. The van der Waals surface area contributed by atoms with Crippen molar-refractivity contribution in [2.75, 3.05) is 19.8 Å². The number of unbranched alkanes of at least 4 members (excludes halogenated alkanes) is 60. The number of aliphatic hydroxyl groups excluding tert-OH is 5. The van der Waals surface area contributed by atoms with Gasteiger partial charge in [-0.25, -0.2) is 0 Å². The van der Waals surface area contributed by atoms with Gasteiger partial charge < -0.3 is 45.1 Å². The van der Waals surface area contributed by atoms with Crippen molar-refractivity contribution >= 4 is 11.9 Å². The fourth-order valence-corrected chi connectivity index (χ4v) is 13.7. The molecule has 0 aromatic rings. The summed E-state index contributed by atoms with van der Waals surface area (Å²) in [6.07, 6.45) is 85.1. The van der Waals surface area contributed by atoms with E-state index in [2.05, 4.69) is 31.3 Å². The van der Waals surface area contributed by atoms with E-state index < -0.39 is 49.5 Å². The van der Waals surface area contributed by atoms with Gasteiger partial charge in [0.15, 0.2) is 6.29 Å². The smallest absolute Gasteiger partial charge is 0.305 e. The van der Waals surface area contributed by atoms with Gasteiger partial charge >= 0.3 is 5.97 Å². The van der Waals surface area contributed by atoms with Crippen LogP contribution in [-0.4, -0.2) is 100 Å². The number of aliphatic hydroxyl groups is 5. The largest absolute Gasteiger partial charge is 0.466 e. The third kappa shape index (κ3) is 61.7. The Bertz CT molecular complexity index is 1630. The molecule has 11 nitrogen and oxygen atoms in total. The highest BCUT2D eigenvalue weighted by molar-refractivity contribution is 5.76. The zero-order chi connectivity index (χ0) is 68.6. The first-order valence-electron chi connectivity index (χ1n) is 42.1. The van der Waals surface area contributed by atoms with Crippen LogP contribution in [0.15, 0.2) is 24.3 Å². The van der Waals surface area contributed by atoms with Gasteiger partial charge in [0, 0.05) is 12.8 Å². The predicted molar refractivity (Wildman–Crippen MR) is 403 cm³/mol. The van der Waals surface area contributed by atoms with E-state index in [0.717, 1.165) is 57.8 Å². The predicted octanol–water partition coefficient (Wildman–Crippen LogP) is 23.1. The Kier molecular flexibility index (Phi) is 70.4. The van der Waals surface area contributed by atoms with Gasteiger partial charge in [-0.1, -0.05) is 391 Å². The molecule has 6 N–H and O–H groups in total. The van der Waals surface area contributed by atoms with Crippen molar-refractivity contribution in [3.63, 3.8) is 0 Å². The van der Waals surface area contributed by atoms with Gasteiger partial charge in [-0.3, -0.25) is 9.59 Å². The van der Waals surface area contributed by atoms with Gasteiger partial charge in [-0.15, -0.1) is 0 Å². The van der Waals surface area contributed by atoms with Crippen LogP contribution in [0.2, 0.25) is 0 Å². The minimum atomic E-state index is -1.57. The molecule has 1 amide bonds. The number of carbonyl (C=O) groups is 2. The summed E-state index contributed by atoms with van der Waals surface area (Å²) in [4.78, 5) is 25.2. The van der Waals surface area contributed by atoms with E-state index in [4.69, 9.17) is 14.2 Å². The molecule has 0 bridgehead atoms. The molecule has 11 heteroatoms. The maximum Gasteiger partial charge on any atom is 0.305 e. The molecule has 0 radical (unpaired) electrons. The van der Waals surface area contributed by atoms with Crippen LogP contribution >= 0.6 is 0 Å². The van der Waals surface area contributed by atoms with E-state index in [-0.39, 0.29) is 18.5 Å². The Morgan fingerprint density at radius 1 is 0.379 bits per heavy atom. The summed E-state index contributed by atoms with van der Waals surface area (Å²) < 4.78 is 16.8. The second-order valence-electron chi connectivity index (χ2n) is 29.5. The Balaban J connectivity index is 1.87. The summed E-state index contributed by atoms with van der Waals surface area (Å²) in [5, 5.41) is 54.6. The average molecular weight is 1350 g/mol. The van der Waals surface area contributed by atoms with Gasteiger partial charge in [0.05, 0.1) is 32.0 Å². The quantitative estimate of drug-likeness (QED) is 0.0195. The normalized spacial score (nSPS) is 17.4. The summed E-state index contributed by atoms with van der Waals surface area (Å²) >= 11 is 0. The molecular weight excluding hydrogens is 1180 g/mol. The SMILES string of the molecule is CCCCCCC/C=C\CCCCCCCC(=O)OCCCCCCCCCCCCCCCCCCCCCCCCCCCCCCCCCCCCCCCCCC(=O)NC(COC1OC(CO)C(O)C(O)C1O)C(O)/C=C/CCCCCCCCCCCCCC. The Morgan fingerprint density at radius 2 is 0.674 bits per heavy atom. The van der Waals surface area contributed by atoms with Crippen LogP contribution in [0.5, 0.6) is 0 Å². The lowest BCUT2D eigenvalue weighted by Gasteiger charge is -2.40. The zero-order valence-electron chi connectivity index (χ0n) is 62.9. The van der Waals surface area contributed by atoms with Crippen LogP contribution < -0.4 is 5.32 Å². The fraction of sp³-hybridized carbons (Fsp3) is 0.929. The third-order valence-corrected chi connectivity index (χ3v) is 20.3. The van der Waals surface area contributed by atoms with E-state index >= 15 is 0 Å². The highest BCUT2D eigenvalue weighted by Crippen LogP contribution is 2.24. The summed E-state index contributed by atoms with van der Waals surface area (Å²) in [6, 6.07) is -0.805. The number of esters is 1. The minimum absolute atomic E-state index is 0.0107. The Labute approximate surface area is 588 Å². The van der Waals surface area contributed by atoms with Crippen LogP contribution in [0.1, 0.15) is 438 Å². The second kappa shape index (κ2) is 73.4. The van der Waals surface area contributed by atoms with Gasteiger partial charge in [0.25, 0.3) is 0 Å². The number of ether oxygens (including phenoxy) is 3. The van der Waals surface area contributed by atoms with Crippen molar-refractivity contribution in [2.45, 2.75) is 480 Å². The van der Waals surface area contributed by atoms with Crippen molar-refractivity contribution in [1.82, 2.24) is 5.32 Å². The molecule has 1 aliphatic rings. The van der Waals surface area contributed by atoms with Crippen molar-refractivity contribution in [1.29, 1.82) is 0 Å². The number of carbonyl (C=O) groups excluding carboxylic acids is 2. The van der Waals surface area contributed by atoms with Crippen LogP contribution in [0.25, 0.3) is 0 Å². The molecule has 0 spiro atoms. The van der Waals surface area contributed by atoms with Crippen LogP contribution in [-0.2, 0) is 23.8 Å². The second-order valence-corrected chi connectivity index (χ2v) is 29.5. The summed E-state index contributed by atoms with van der Waals surface area (Å²) in [5.41, 5.74) is 0. The lowest BCUT2D eigenvalue weighted by atomic mass is 9.99. The first-order chi connectivity index (χ1) is 46.7.